The molecule has 2 heterocycles. The van der Waals surface area contributed by atoms with E-state index in [0.29, 0.717) is 17.3 Å². The number of hydrogen-bond donors (Lipinski definition) is 1. The molecule has 0 bridgehead atoms. The molecule has 1 N–H and O–H groups in total. The van der Waals surface area contributed by atoms with Crippen molar-refractivity contribution in [2.75, 3.05) is 11.9 Å². The lowest BCUT2D eigenvalue weighted by molar-refractivity contribution is -0.127. The van der Waals surface area contributed by atoms with Gasteiger partial charge in [-0.05, 0) is 60.7 Å². The maximum Gasteiger partial charge on any atom is 0.294 e. The topological polar surface area (TPSA) is 71.4 Å². The third kappa shape index (κ3) is 5.23. The van der Waals surface area contributed by atoms with Crippen molar-refractivity contribution < 1.29 is 14.4 Å². The van der Waals surface area contributed by atoms with Crippen LogP contribution < -0.4 is 5.32 Å². The maximum atomic E-state index is 13.2. The van der Waals surface area contributed by atoms with Crippen LogP contribution in [0.4, 0.5) is 10.5 Å². The van der Waals surface area contributed by atoms with Crippen molar-refractivity contribution in [1.82, 2.24) is 9.47 Å². The van der Waals surface area contributed by atoms with Crippen molar-refractivity contribution in [3.05, 3.63) is 104 Å². The van der Waals surface area contributed by atoms with Gasteiger partial charge in [0.05, 0.1) is 15.6 Å². The summed E-state index contributed by atoms with van der Waals surface area (Å²) >= 11 is 10.4. The highest BCUT2D eigenvalue weighted by atomic mass is 79.9. The van der Waals surface area contributed by atoms with Crippen molar-refractivity contribution >= 4 is 79.0 Å². The summed E-state index contributed by atoms with van der Waals surface area (Å²) in [5, 5.41) is 3.53. The van der Waals surface area contributed by atoms with Gasteiger partial charge in [-0.2, -0.15) is 0 Å². The molecule has 1 saturated heterocycles. The maximum absolute atomic E-state index is 13.2. The molecule has 9 heteroatoms. The molecular weight excluding hydrogens is 574 g/mol. The lowest BCUT2D eigenvalue weighted by atomic mass is 10.1. The molecule has 186 valence electrons. The molecule has 4 aromatic rings. The van der Waals surface area contributed by atoms with Gasteiger partial charge in [0.2, 0.25) is 5.91 Å². The van der Waals surface area contributed by atoms with Crippen LogP contribution in [0.1, 0.15) is 16.8 Å². The summed E-state index contributed by atoms with van der Waals surface area (Å²) in [4.78, 5) is 39.6. The van der Waals surface area contributed by atoms with Crippen molar-refractivity contribution in [3.63, 3.8) is 0 Å². The van der Waals surface area contributed by atoms with E-state index in [1.165, 1.54) is 0 Å². The number of nitrogens with one attached hydrogen (secondary N) is 1. The zero-order valence-corrected chi connectivity index (χ0v) is 22.9. The van der Waals surface area contributed by atoms with E-state index < -0.39 is 23.6 Å². The molecule has 0 atom stereocenters. The molecule has 0 saturated carbocycles. The number of rotatable bonds is 6. The molecule has 1 fully saturated rings. The van der Waals surface area contributed by atoms with Crippen LogP contribution in [-0.2, 0) is 16.1 Å². The SMILES string of the molecule is Cc1c(/C=C2/SC(=O)N(CC(=O)Nc3ccccc3Cl)C2=O)c2ccccc2n1Cc1ccc(Br)cc1. The molecule has 6 nitrogen and oxygen atoms in total. The Balaban J connectivity index is 1.42. The Hall–Kier alpha value is -3.33. The fourth-order valence-corrected chi connectivity index (χ4v) is 5.55. The Bertz CT molecular complexity index is 1580. The Kier molecular flexibility index (Phi) is 7.24. The van der Waals surface area contributed by atoms with Crippen LogP contribution >= 0.6 is 39.3 Å². The molecule has 3 amide bonds. The number of nitrogens with zero attached hydrogens (tertiary/aromatic N) is 2. The summed E-state index contributed by atoms with van der Waals surface area (Å²) in [5.74, 6) is -0.993. The summed E-state index contributed by atoms with van der Waals surface area (Å²) in [5.41, 5.74) is 4.45. The first-order valence-corrected chi connectivity index (χ1v) is 13.4. The Morgan fingerprint density at radius 2 is 1.73 bits per heavy atom. The Labute approximate surface area is 231 Å². The molecule has 0 aliphatic carbocycles. The van der Waals surface area contributed by atoms with Crippen molar-refractivity contribution in [3.8, 4) is 0 Å². The number of halogens is 2. The monoisotopic (exact) mass is 593 g/mol. The molecule has 1 aromatic heterocycles. The van der Waals surface area contributed by atoms with Crippen LogP contribution in [0.3, 0.4) is 0 Å². The smallest absolute Gasteiger partial charge is 0.294 e. The second kappa shape index (κ2) is 10.6. The van der Waals surface area contributed by atoms with Crippen LogP contribution in [-0.4, -0.2) is 33.1 Å². The average Bonchev–Trinajstić information content (AvgIpc) is 3.30. The first kappa shape index (κ1) is 25.3. The van der Waals surface area contributed by atoms with Gasteiger partial charge in [-0.3, -0.25) is 19.3 Å². The lowest BCUT2D eigenvalue weighted by Gasteiger charge is -2.13. The average molecular weight is 595 g/mol. The van der Waals surface area contributed by atoms with E-state index in [-0.39, 0.29) is 4.91 Å². The van der Waals surface area contributed by atoms with Gasteiger partial charge in [0.15, 0.2) is 0 Å². The molecule has 37 heavy (non-hydrogen) atoms. The second-order valence-corrected chi connectivity index (χ2v) is 10.8. The van der Waals surface area contributed by atoms with E-state index in [9.17, 15) is 14.4 Å². The highest BCUT2D eigenvalue weighted by Gasteiger charge is 2.36. The number of aromatic nitrogens is 1. The van der Waals surface area contributed by atoms with Crippen molar-refractivity contribution in [2.45, 2.75) is 13.5 Å². The van der Waals surface area contributed by atoms with Crippen LogP contribution in [0.2, 0.25) is 5.02 Å². The number of fused-ring (bicyclic) bond motifs is 1. The summed E-state index contributed by atoms with van der Waals surface area (Å²) < 4.78 is 3.22. The van der Waals surface area contributed by atoms with E-state index in [4.69, 9.17) is 11.6 Å². The minimum atomic E-state index is -0.501. The molecule has 5 rings (SSSR count). The number of carbonyl (C=O) groups is 3. The highest BCUT2D eigenvalue weighted by Crippen LogP contribution is 2.36. The quantitative estimate of drug-likeness (QED) is 0.242. The van der Waals surface area contributed by atoms with E-state index >= 15 is 0 Å². The molecule has 1 aliphatic heterocycles. The number of hydrogen-bond acceptors (Lipinski definition) is 4. The molecule has 3 aromatic carbocycles. The standard InChI is InChI=1S/C28H21BrClN3O3S/c1-17-21(20-6-2-5-9-24(20)32(17)15-18-10-12-19(29)13-11-18)14-25-27(35)33(28(36)37-25)16-26(34)31-23-8-4-3-7-22(23)30/h2-14H,15-16H2,1H3,(H,31,34)/b25-14+. The third-order valence-corrected chi connectivity index (χ3v) is 7.90. The van der Waals surface area contributed by atoms with Gasteiger partial charge in [0.25, 0.3) is 11.1 Å². The summed E-state index contributed by atoms with van der Waals surface area (Å²) in [6.07, 6.45) is 1.76. The Morgan fingerprint density at radius 3 is 2.49 bits per heavy atom. The first-order chi connectivity index (χ1) is 17.8. The van der Waals surface area contributed by atoms with Gasteiger partial charge in [-0.15, -0.1) is 0 Å². The zero-order chi connectivity index (χ0) is 26.1. The highest BCUT2D eigenvalue weighted by molar-refractivity contribution is 9.10. The first-order valence-electron chi connectivity index (χ1n) is 11.4. The van der Waals surface area contributed by atoms with Crippen molar-refractivity contribution in [1.29, 1.82) is 0 Å². The fraction of sp³-hybridized carbons (Fsp3) is 0.107. The van der Waals surface area contributed by atoms with E-state index in [1.807, 2.05) is 43.3 Å². The number of anilines is 1. The summed E-state index contributed by atoms with van der Waals surface area (Å²) in [6.45, 7) is 2.28. The van der Waals surface area contributed by atoms with Gasteiger partial charge in [-0.25, -0.2) is 0 Å². The molecule has 1 aliphatic rings. The Morgan fingerprint density at radius 1 is 1.03 bits per heavy atom. The number of benzene rings is 3. The predicted octanol–water partition coefficient (Wildman–Crippen LogP) is 7.09. The van der Waals surface area contributed by atoms with Crippen LogP contribution in [0.5, 0.6) is 0 Å². The number of para-hydroxylation sites is 2. The van der Waals surface area contributed by atoms with Crippen LogP contribution in [0, 0.1) is 6.92 Å². The molecule has 0 radical (unpaired) electrons. The van der Waals surface area contributed by atoms with E-state index in [2.05, 4.69) is 37.9 Å². The van der Waals surface area contributed by atoms with Crippen LogP contribution in [0.15, 0.2) is 82.2 Å². The normalized spacial score (nSPS) is 14.7. The minimum Gasteiger partial charge on any atom is -0.340 e. The second-order valence-electron chi connectivity index (χ2n) is 8.52. The number of thioether (sulfide) groups is 1. The van der Waals surface area contributed by atoms with Crippen LogP contribution in [0.25, 0.3) is 17.0 Å². The zero-order valence-electron chi connectivity index (χ0n) is 19.7. The van der Waals surface area contributed by atoms with E-state index in [0.717, 1.165) is 48.9 Å². The van der Waals surface area contributed by atoms with Gasteiger partial charge >= 0.3 is 0 Å². The fourth-order valence-electron chi connectivity index (χ4n) is 4.28. The van der Waals surface area contributed by atoms with Gasteiger partial charge in [0.1, 0.15) is 6.54 Å². The van der Waals surface area contributed by atoms with Crippen molar-refractivity contribution in [2.24, 2.45) is 0 Å². The van der Waals surface area contributed by atoms with Gasteiger partial charge < -0.3 is 9.88 Å². The molecule has 0 spiro atoms. The van der Waals surface area contributed by atoms with E-state index in [1.54, 1.807) is 30.3 Å². The predicted molar refractivity (Wildman–Crippen MR) is 153 cm³/mol. The largest absolute Gasteiger partial charge is 0.340 e. The van der Waals surface area contributed by atoms with Gasteiger partial charge in [-0.1, -0.05) is 70.0 Å². The van der Waals surface area contributed by atoms with Gasteiger partial charge in [0, 0.05) is 33.2 Å². The number of imide groups is 1. The molecular formula is C28H21BrClN3O3S. The minimum absolute atomic E-state index is 0.283. The third-order valence-electron chi connectivity index (χ3n) is 6.13. The summed E-state index contributed by atoms with van der Waals surface area (Å²) in [6, 6.07) is 22.9. The molecule has 0 unspecified atom stereocenters. The summed E-state index contributed by atoms with van der Waals surface area (Å²) in [7, 11) is 0. The lowest BCUT2D eigenvalue weighted by Crippen LogP contribution is -2.36. The number of amides is 3. The number of carbonyl (C=O) groups excluding carboxylic acids is 3.